The van der Waals surface area contributed by atoms with Crippen molar-refractivity contribution < 1.29 is 0 Å². The van der Waals surface area contributed by atoms with E-state index in [1.165, 1.54) is 20.3 Å². The van der Waals surface area contributed by atoms with Crippen molar-refractivity contribution in [2.75, 3.05) is 0 Å². The lowest BCUT2D eigenvalue weighted by atomic mass is 9.79. The molecule has 0 aromatic rings. The zero-order valence-corrected chi connectivity index (χ0v) is 14.1. The van der Waals surface area contributed by atoms with Crippen molar-refractivity contribution in [2.24, 2.45) is 5.92 Å². The van der Waals surface area contributed by atoms with Gasteiger partial charge in [0.25, 0.3) is 0 Å². The van der Waals surface area contributed by atoms with Gasteiger partial charge in [0, 0.05) is 5.92 Å². The number of hydrogen-bond acceptors (Lipinski definition) is 0. The maximum absolute atomic E-state index is 3.77. The van der Waals surface area contributed by atoms with Gasteiger partial charge in [0.05, 0.1) is 0 Å². The second-order valence-electron chi connectivity index (χ2n) is 5.03. The summed E-state index contributed by atoms with van der Waals surface area (Å²) in [6.07, 6.45) is 23.0. The Bertz CT molecular complexity index is 550. The van der Waals surface area contributed by atoms with Gasteiger partial charge in [-0.25, -0.2) is 0 Å². The van der Waals surface area contributed by atoms with Gasteiger partial charge in [-0.15, -0.1) is 0 Å². The van der Waals surface area contributed by atoms with Crippen LogP contribution in [0.15, 0.2) is 81.6 Å². The van der Waals surface area contributed by atoms with Crippen LogP contribution in [0.4, 0.5) is 0 Å². The molecule has 1 heteroatoms. The van der Waals surface area contributed by atoms with Gasteiger partial charge in [0.2, 0.25) is 0 Å². The third-order valence-electron chi connectivity index (χ3n) is 3.76. The van der Waals surface area contributed by atoms with Gasteiger partial charge in [-0.1, -0.05) is 61.3 Å². The van der Waals surface area contributed by atoms with E-state index in [1.54, 1.807) is 0 Å². The summed E-state index contributed by atoms with van der Waals surface area (Å²) in [4.78, 5) is 0. The number of hydrogen-bond donors (Lipinski definition) is 0. The lowest BCUT2D eigenvalue weighted by molar-refractivity contribution is 0.722. The van der Waals surface area contributed by atoms with Crippen molar-refractivity contribution in [2.45, 2.75) is 26.2 Å². The van der Waals surface area contributed by atoms with Crippen molar-refractivity contribution >= 4 is 22.6 Å². The summed E-state index contributed by atoms with van der Waals surface area (Å²) >= 11 is 2.45. The zero-order chi connectivity index (χ0) is 14.4. The molecule has 0 radical (unpaired) electrons. The van der Waals surface area contributed by atoms with Crippen molar-refractivity contribution in [3.8, 4) is 0 Å². The molecule has 0 bridgehead atoms. The van der Waals surface area contributed by atoms with E-state index in [4.69, 9.17) is 0 Å². The van der Waals surface area contributed by atoms with E-state index in [1.807, 2.05) is 12.2 Å². The highest BCUT2D eigenvalue weighted by atomic mass is 127. The fourth-order valence-corrected chi connectivity index (χ4v) is 3.35. The molecule has 0 nitrogen and oxygen atoms in total. The average molecular weight is 376 g/mol. The van der Waals surface area contributed by atoms with Gasteiger partial charge in [0.1, 0.15) is 0 Å². The molecule has 0 spiro atoms. The summed E-state index contributed by atoms with van der Waals surface area (Å²) < 4.78 is 1.43. The van der Waals surface area contributed by atoms with Crippen LogP contribution in [0.2, 0.25) is 0 Å². The molecule has 2 aliphatic rings. The Kier molecular flexibility index (Phi) is 5.84. The first-order chi connectivity index (χ1) is 9.76. The molecule has 0 amide bonds. The summed E-state index contributed by atoms with van der Waals surface area (Å²) in [5.74, 6) is 0.478. The summed E-state index contributed by atoms with van der Waals surface area (Å²) in [7, 11) is 0. The normalized spacial score (nSPS) is 23.4. The van der Waals surface area contributed by atoms with Crippen molar-refractivity contribution in [3.63, 3.8) is 0 Å². The summed E-state index contributed by atoms with van der Waals surface area (Å²) in [5, 5.41) is 0. The van der Waals surface area contributed by atoms with Gasteiger partial charge >= 0.3 is 0 Å². The quantitative estimate of drug-likeness (QED) is 0.404. The Hall–Kier alpha value is -1.09. The van der Waals surface area contributed by atoms with E-state index >= 15 is 0 Å². The maximum Gasteiger partial charge on any atom is 0.0134 e. The zero-order valence-electron chi connectivity index (χ0n) is 12.0. The smallest absolute Gasteiger partial charge is 0.0134 e. The minimum atomic E-state index is 0.478. The minimum Gasteiger partial charge on any atom is -0.0991 e. The van der Waals surface area contributed by atoms with Crippen LogP contribution in [0.25, 0.3) is 0 Å². The number of allylic oxidation sites excluding steroid dienone is 13. The van der Waals surface area contributed by atoms with Gasteiger partial charge in [0.15, 0.2) is 0 Å². The van der Waals surface area contributed by atoms with E-state index in [0.29, 0.717) is 5.92 Å². The molecule has 0 aliphatic heterocycles. The molecule has 0 heterocycles. The first kappa shape index (κ1) is 15.3. The molecule has 20 heavy (non-hydrogen) atoms. The molecule has 1 unspecified atom stereocenters. The molecular formula is C19H21I. The molecule has 2 rings (SSSR count). The first-order valence-electron chi connectivity index (χ1n) is 7.14. The highest BCUT2D eigenvalue weighted by Gasteiger charge is 2.23. The Balaban J connectivity index is 2.35. The van der Waals surface area contributed by atoms with Crippen molar-refractivity contribution in [3.05, 3.63) is 81.6 Å². The monoisotopic (exact) mass is 376 g/mol. The van der Waals surface area contributed by atoms with Gasteiger partial charge in [-0.2, -0.15) is 0 Å². The molecule has 0 aromatic carbocycles. The summed E-state index contributed by atoms with van der Waals surface area (Å²) in [5.41, 5.74) is 4.36. The molecule has 1 atom stereocenters. The minimum absolute atomic E-state index is 0.478. The van der Waals surface area contributed by atoms with E-state index in [2.05, 4.69) is 78.6 Å². The van der Waals surface area contributed by atoms with E-state index in [9.17, 15) is 0 Å². The third kappa shape index (κ3) is 3.72. The van der Waals surface area contributed by atoms with Crippen LogP contribution in [0, 0.1) is 5.92 Å². The van der Waals surface area contributed by atoms with Gasteiger partial charge in [-0.05, 0) is 69.1 Å². The fraction of sp³-hybridized carbons (Fsp3) is 0.263. The van der Waals surface area contributed by atoms with Crippen LogP contribution in [0.3, 0.4) is 0 Å². The van der Waals surface area contributed by atoms with Gasteiger partial charge in [-0.3, -0.25) is 0 Å². The van der Waals surface area contributed by atoms with Crippen LogP contribution >= 0.6 is 22.6 Å². The SMILES string of the molecule is C=C/C=C\C(=C/C)C1CC(I)=CC=C1C1=CC=CCC1. The molecule has 0 N–H and O–H groups in total. The molecule has 0 saturated carbocycles. The fourth-order valence-electron chi connectivity index (χ4n) is 2.73. The largest absolute Gasteiger partial charge is 0.0991 e. The molecular weight excluding hydrogens is 355 g/mol. The van der Waals surface area contributed by atoms with Crippen LogP contribution in [-0.2, 0) is 0 Å². The second kappa shape index (κ2) is 7.63. The lowest BCUT2D eigenvalue weighted by Gasteiger charge is -2.27. The Morgan fingerprint density at radius 1 is 1.35 bits per heavy atom. The molecule has 104 valence electrons. The van der Waals surface area contributed by atoms with Gasteiger partial charge < -0.3 is 0 Å². The standard InChI is InChI=1S/C19H21I/c1-3-5-9-15(4-2)19-14-17(20)12-13-18(19)16-10-7-6-8-11-16/h3-7,9-10,12-13,19H,1,8,11,14H2,2H3/b9-5-,15-4+. The Labute approximate surface area is 136 Å². The number of rotatable bonds is 4. The van der Waals surface area contributed by atoms with Crippen molar-refractivity contribution in [1.82, 2.24) is 0 Å². The van der Waals surface area contributed by atoms with E-state index in [-0.39, 0.29) is 0 Å². The summed E-state index contributed by atoms with van der Waals surface area (Å²) in [6.45, 7) is 5.90. The molecule has 0 fully saturated rings. The molecule has 0 aromatic heterocycles. The van der Waals surface area contributed by atoms with Crippen LogP contribution < -0.4 is 0 Å². The molecule has 2 aliphatic carbocycles. The predicted molar refractivity (Wildman–Crippen MR) is 97.8 cm³/mol. The van der Waals surface area contributed by atoms with Crippen LogP contribution in [0.1, 0.15) is 26.2 Å². The number of halogens is 1. The summed E-state index contributed by atoms with van der Waals surface area (Å²) in [6, 6.07) is 0. The van der Waals surface area contributed by atoms with Crippen molar-refractivity contribution in [1.29, 1.82) is 0 Å². The Morgan fingerprint density at radius 2 is 2.20 bits per heavy atom. The lowest BCUT2D eigenvalue weighted by Crippen LogP contribution is -2.12. The Morgan fingerprint density at radius 3 is 2.85 bits per heavy atom. The highest BCUT2D eigenvalue weighted by Crippen LogP contribution is 2.39. The topological polar surface area (TPSA) is 0 Å². The molecule has 0 saturated heterocycles. The van der Waals surface area contributed by atoms with E-state index < -0.39 is 0 Å². The predicted octanol–water partition coefficient (Wildman–Crippen LogP) is 6.22. The average Bonchev–Trinajstić information content (AvgIpc) is 2.49. The third-order valence-corrected chi connectivity index (χ3v) is 4.56. The first-order valence-corrected chi connectivity index (χ1v) is 8.21. The van der Waals surface area contributed by atoms with E-state index in [0.717, 1.165) is 19.3 Å². The maximum atomic E-state index is 3.77. The van der Waals surface area contributed by atoms with Crippen LogP contribution in [-0.4, -0.2) is 0 Å². The van der Waals surface area contributed by atoms with Crippen LogP contribution in [0.5, 0.6) is 0 Å². The second-order valence-corrected chi connectivity index (χ2v) is 6.42. The highest BCUT2D eigenvalue weighted by molar-refractivity contribution is 14.1.